The van der Waals surface area contributed by atoms with Crippen LogP contribution in [-0.2, 0) is 17.9 Å². The van der Waals surface area contributed by atoms with Crippen molar-refractivity contribution < 1.29 is 9.18 Å². The van der Waals surface area contributed by atoms with Crippen LogP contribution < -0.4 is 5.73 Å². The molecule has 0 aliphatic carbocycles. The second-order valence-electron chi connectivity index (χ2n) is 5.41. The Bertz CT molecular complexity index is 682. The first-order valence-corrected chi connectivity index (χ1v) is 7.28. The van der Waals surface area contributed by atoms with Crippen LogP contribution in [0.25, 0.3) is 11.0 Å². The summed E-state index contributed by atoms with van der Waals surface area (Å²) in [6.07, 6.45) is 1.74. The summed E-state index contributed by atoms with van der Waals surface area (Å²) in [7, 11) is 0. The highest BCUT2D eigenvalue weighted by atomic mass is 19.1. The number of rotatable bonds is 4. The van der Waals surface area contributed by atoms with Gasteiger partial charge in [0.25, 0.3) is 0 Å². The van der Waals surface area contributed by atoms with Gasteiger partial charge in [-0.2, -0.15) is 0 Å². The monoisotopic (exact) mass is 290 g/mol. The first-order valence-electron chi connectivity index (χ1n) is 7.28. The first-order chi connectivity index (χ1) is 10.1. The number of hydrogen-bond acceptors (Lipinski definition) is 3. The summed E-state index contributed by atoms with van der Waals surface area (Å²) in [4.78, 5) is 17.9. The number of hydrogen-bond donors (Lipinski definition) is 1. The lowest BCUT2D eigenvalue weighted by Crippen LogP contribution is -2.40. The molecule has 2 N–H and O–H groups in total. The zero-order valence-electron chi connectivity index (χ0n) is 12.1. The van der Waals surface area contributed by atoms with Crippen LogP contribution >= 0.6 is 0 Å². The Morgan fingerprint density at radius 2 is 2.33 bits per heavy atom. The number of imidazole rings is 1. The van der Waals surface area contributed by atoms with E-state index in [2.05, 4.69) is 4.98 Å². The first kappa shape index (κ1) is 14.0. The molecule has 3 rings (SSSR count). The van der Waals surface area contributed by atoms with E-state index in [0.717, 1.165) is 30.7 Å². The fourth-order valence-electron chi connectivity index (χ4n) is 3.15. The molecule has 1 aliphatic rings. The van der Waals surface area contributed by atoms with Crippen LogP contribution in [0.15, 0.2) is 18.2 Å². The second-order valence-corrected chi connectivity index (χ2v) is 5.41. The number of aryl methyl sites for hydroxylation is 1. The SMILES string of the molecule is CCn1c(CN2CCCC2C(N)=O)nc2c(F)cccc21. The fourth-order valence-corrected chi connectivity index (χ4v) is 3.15. The molecular weight excluding hydrogens is 271 g/mol. The van der Waals surface area contributed by atoms with E-state index in [1.807, 2.05) is 22.5 Å². The number of para-hydroxylation sites is 1. The van der Waals surface area contributed by atoms with Crippen LogP contribution in [0.3, 0.4) is 0 Å². The lowest BCUT2D eigenvalue weighted by atomic mass is 10.2. The molecule has 2 heterocycles. The Hall–Kier alpha value is -1.95. The minimum atomic E-state index is -0.311. The summed E-state index contributed by atoms with van der Waals surface area (Å²) in [5.41, 5.74) is 6.63. The Balaban J connectivity index is 1.97. The number of nitrogens with zero attached hydrogens (tertiary/aromatic N) is 3. The number of carbonyl (C=O) groups excluding carboxylic acids is 1. The molecule has 1 fully saturated rings. The van der Waals surface area contributed by atoms with E-state index < -0.39 is 0 Å². The summed E-state index contributed by atoms with van der Waals surface area (Å²) < 4.78 is 15.9. The van der Waals surface area contributed by atoms with Gasteiger partial charge in [-0.15, -0.1) is 0 Å². The van der Waals surface area contributed by atoms with Crippen LogP contribution in [0.2, 0.25) is 0 Å². The number of fused-ring (bicyclic) bond motifs is 1. The second kappa shape index (κ2) is 5.44. The molecule has 0 saturated carbocycles. The third kappa shape index (κ3) is 2.40. The normalized spacial score (nSPS) is 19.4. The average Bonchev–Trinajstić information content (AvgIpc) is 3.04. The van der Waals surface area contributed by atoms with E-state index >= 15 is 0 Å². The number of halogens is 1. The maximum Gasteiger partial charge on any atom is 0.234 e. The van der Waals surface area contributed by atoms with Crippen LogP contribution in [0.1, 0.15) is 25.6 Å². The lowest BCUT2D eigenvalue weighted by Gasteiger charge is -2.21. The quantitative estimate of drug-likeness (QED) is 0.931. The van der Waals surface area contributed by atoms with Gasteiger partial charge < -0.3 is 10.3 Å². The molecule has 112 valence electrons. The maximum atomic E-state index is 13.9. The van der Waals surface area contributed by atoms with Gasteiger partial charge >= 0.3 is 0 Å². The Morgan fingerprint density at radius 3 is 3.05 bits per heavy atom. The minimum Gasteiger partial charge on any atom is -0.368 e. The third-order valence-corrected chi connectivity index (χ3v) is 4.16. The standard InChI is InChI=1S/C15H19FN4O/c1-2-20-11-6-3-5-10(16)14(11)18-13(20)9-19-8-4-7-12(19)15(17)21/h3,5-6,12H,2,4,7-9H2,1H3,(H2,17,21). The predicted octanol–water partition coefficient (Wildman–Crippen LogP) is 1.64. The van der Waals surface area contributed by atoms with Gasteiger partial charge in [-0.3, -0.25) is 9.69 Å². The van der Waals surface area contributed by atoms with Crippen LogP contribution in [0.5, 0.6) is 0 Å². The number of nitrogens with two attached hydrogens (primary N) is 1. The van der Waals surface area contributed by atoms with Gasteiger partial charge in [-0.25, -0.2) is 9.37 Å². The highest BCUT2D eigenvalue weighted by Gasteiger charge is 2.30. The summed E-state index contributed by atoms with van der Waals surface area (Å²) >= 11 is 0. The molecule has 1 unspecified atom stereocenters. The molecule has 1 amide bonds. The number of aromatic nitrogens is 2. The molecule has 0 spiro atoms. The van der Waals surface area contributed by atoms with Gasteiger partial charge in [0, 0.05) is 6.54 Å². The molecule has 5 nitrogen and oxygen atoms in total. The molecular formula is C15H19FN4O. The van der Waals surface area contributed by atoms with Crippen molar-refractivity contribution in [3.05, 3.63) is 29.8 Å². The van der Waals surface area contributed by atoms with Crippen LogP contribution in [0.4, 0.5) is 4.39 Å². The van der Waals surface area contributed by atoms with Gasteiger partial charge in [-0.1, -0.05) is 6.07 Å². The van der Waals surface area contributed by atoms with E-state index in [1.165, 1.54) is 6.07 Å². The third-order valence-electron chi connectivity index (χ3n) is 4.16. The number of amides is 1. The summed E-state index contributed by atoms with van der Waals surface area (Å²) in [5, 5.41) is 0. The van der Waals surface area contributed by atoms with E-state index in [1.54, 1.807) is 6.07 Å². The average molecular weight is 290 g/mol. The minimum absolute atomic E-state index is 0.236. The van der Waals surface area contributed by atoms with E-state index in [4.69, 9.17) is 5.73 Å². The Labute approximate surface area is 122 Å². The maximum absolute atomic E-state index is 13.9. The summed E-state index contributed by atoms with van der Waals surface area (Å²) in [6, 6.07) is 4.74. The molecule has 21 heavy (non-hydrogen) atoms. The van der Waals surface area contributed by atoms with Gasteiger partial charge in [0.05, 0.1) is 18.1 Å². The van der Waals surface area contributed by atoms with E-state index in [0.29, 0.717) is 18.6 Å². The van der Waals surface area contributed by atoms with Crippen molar-refractivity contribution in [2.45, 2.75) is 38.9 Å². The van der Waals surface area contributed by atoms with Gasteiger partial charge in [0.15, 0.2) is 5.82 Å². The number of primary amides is 1. The lowest BCUT2D eigenvalue weighted by molar-refractivity contribution is -0.122. The Morgan fingerprint density at radius 1 is 1.52 bits per heavy atom. The number of benzene rings is 1. The van der Waals surface area contributed by atoms with Crippen molar-refractivity contribution in [3.63, 3.8) is 0 Å². The fraction of sp³-hybridized carbons (Fsp3) is 0.467. The van der Waals surface area contributed by atoms with E-state index in [-0.39, 0.29) is 17.8 Å². The zero-order valence-corrected chi connectivity index (χ0v) is 12.1. The molecule has 1 atom stereocenters. The molecule has 0 bridgehead atoms. The van der Waals surface area contributed by atoms with Gasteiger partial charge in [0.2, 0.25) is 5.91 Å². The smallest absolute Gasteiger partial charge is 0.234 e. The van der Waals surface area contributed by atoms with Gasteiger partial charge in [-0.05, 0) is 38.4 Å². The van der Waals surface area contributed by atoms with Crippen molar-refractivity contribution in [2.24, 2.45) is 5.73 Å². The van der Waals surface area contributed by atoms with Crippen molar-refractivity contribution in [2.75, 3.05) is 6.54 Å². The molecule has 1 aromatic carbocycles. The Kier molecular flexibility index (Phi) is 3.63. The molecule has 0 radical (unpaired) electrons. The molecule has 6 heteroatoms. The largest absolute Gasteiger partial charge is 0.368 e. The number of likely N-dealkylation sites (tertiary alicyclic amines) is 1. The topological polar surface area (TPSA) is 64.2 Å². The molecule has 1 saturated heterocycles. The van der Waals surface area contributed by atoms with Gasteiger partial charge in [0.1, 0.15) is 11.3 Å². The molecule has 1 aromatic heterocycles. The number of carbonyl (C=O) groups is 1. The predicted molar refractivity (Wildman–Crippen MR) is 78.0 cm³/mol. The van der Waals surface area contributed by atoms with Crippen molar-refractivity contribution in [1.29, 1.82) is 0 Å². The van der Waals surface area contributed by atoms with E-state index in [9.17, 15) is 9.18 Å². The molecule has 1 aliphatic heterocycles. The zero-order chi connectivity index (χ0) is 15.0. The highest BCUT2D eigenvalue weighted by Crippen LogP contribution is 2.23. The van der Waals surface area contributed by atoms with Crippen molar-refractivity contribution >= 4 is 16.9 Å². The van der Waals surface area contributed by atoms with Crippen LogP contribution in [-0.4, -0.2) is 32.9 Å². The van der Waals surface area contributed by atoms with Crippen LogP contribution in [0, 0.1) is 5.82 Å². The summed E-state index contributed by atoms with van der Waals surface area (Å²) in [5.74, 6) is 0.178. The molecule has 2 aromatic rings. The van der Waals surface area contributed by atoms with Crippen molar-refractivity contribution in [3.8, 4) is 0 Å². The highest BCUT2D eigenvalue weighted by molar-refractivity contribution is 5.80. The van der Waals surface area contributed by atoms with Crippen molar-refractivity contribution in [1.82, 2.24) is 14.5 Å². The summed E-state index contributed by atoms with van der Waals surface area (Å²) in [6.45, 7) is 4.06.